The Hall–Kier alpha value is -0.570. The minimum Gasteiger partial charge on any atom is -0.469 e. The average molecular weight is 217 g/mol. The molecule has 15 heavy (non-hydrogen) atoms. The van der Waals surface area contributed by atoms with Gasteiger partial charge in [0, 0.05) is 7.97 Å². The van der Waals surface area contributed by atoms with Gasteiger partial charge in [0.2, 0.25) is 0 Å². The lowest BCUT2D eigenvalue weighted by atomic mass is 9.92. The molecular formula is C12H27NO2. The number of ether oxygens (including phenoxy) is 1. The largest absolute Gasteiger partial charge is 0.469 e. The predicted molar refractivity (Wildman–Crippen MR) is 64.8 cm³/mol. The summed E-state index contributed by atoms with van der Waals surface area (Å²) in [6, 6.07) is 0. The van der Waals surface area contributed by atoms with Gasteiger partial charge < -0.3 is 10.1 Å². The molecule has 0 aromatic rings. The molecule has 0 saturated carbocycles. The van der Waals surface area contributed by atoms with Crippen molar-refractivity contribution in [3.63, 3.8) is 0 Å². The van der Waals surface area contributed by atoms with Crippen LogP contribution in [0, 0.1) is 17.8 Å². The average Bonchev–Trinajstić information content (AvgIpc) is 2.16. The number of rotatable bonds is 1. The summed E-state index contributed by atoms with van der Waals surface area (Å²) in [5.41, 5.74) is 0. The summed E-state index contributed by atoms with van der Waals surface area (Å²) in [6.07, 6.45) is 0.958. The van der Waals surface area contributed by atoms with Crippen LogP contribution in [0.15, 0.2) is 0 Å². The fourth-order valence-corrected chi connectivity index (χ4v) is 1.50. The first-order valence-corrected chi connectivity index (χ1v) is 5.75. The van der Waals surface area contributed by atoms with Gasteiger partial charge in [0.1, 0.15) is 0 Å². The van der Waals surface area contributed by atoms with E-state index in [4.69, 9.17) is 0 Å². The molecule has 1 aliphatic heterocycles. The first-order valence-electron chi connectivity index (χ1n) is 5.75. The van der Waals surface area contributed by atoms with Gasteiger partial charge in [-0.05, 0) is 24.8 Å². The monoisotopic (exact) mass is 217 g/mol. The van der Waals surface area contributed by atoms with E-state index in [0.717, 1.165) is 25.4 Å². The van der Waals surface area contributed by atoms with Gasteiger partial charge in [-0.15, -0.1) is 0 Å². The van der Waals surface area contributed by atoms with E-state index in [1.54, 1.807) is 0 Å². The van der Waals surface area contributed by atoms with E-state index in [9.17, 15) is 4.79 Å². The van der Waals surface area contributed by atoms with Crippen molar-refractivity contribution in [2.45, 2.75) is 34.1 Å². The molecule has 3 heteroatoms. The summed E-state index contributed by atoms with van der Waals surface area (Å²) in [6.45, 7) is 10.4. The molecule has 1 N–H and O–H groups in total. The van der Waals surface area contributed by atoms with Gasteiger partial charge in [0.15, 0.2) is 0 Å². The van der Waals surface area contributed by atoms with Crippen molar-refractivity contribution in [2.24, 2.45) is 17.8 Å². The van der Waals surface area contributed by atoms with Crippen molar-refractivity contribution in [2.75, 3.05) is 20.2 Å². The van der Waals surface area contributed by atoms with Crippen LogP contribution >= 0.6 is 0 Å². The lowest BCUT2D eigenvalue weighted by Crippen LogP contribution is -2.39. The van der Waals surface area contributed by atoms with Crippen LogP contribution in [0.4, 0.5) is 0 Å². The fraction of sp³-hybridized carbons (Fsp3) is 0.917. The van der Waals surface area contributed by atoms with Crippen LogP contribution in [0.5, 0.6) is 0 Å². The second-order valence-electron chi connectivity index (χ2n) is 4.95. The van der Waals surface area contributed by atoms with Crippen LogP contribution in [0.1, 0.15) is 35.5 Å². The normalized spacial score (nSPS) is 25.5. The Kier molecular flexibility index (Phi) is 7.39. The quantitative estimate of drug-likeness (QED) is 0.685. The van der Waals surface area contributed by atoms with Crippen molar-refractivity contribution in [1.29, 1.82) is 0 Å². The number of carbonyl (C=O) groups excluding carboxylic acids is 1. The molecule has 0 aromatic carbocycles. The van der Waals surface area contributed by atoms with E-state index in [-0.39, 0.29) is 13.3 Å². The topological polar surface area (TPSA) is 38.3 Å². The van der Waals surface area contributed by atoms with Crippen molar-refractivity contribution in [3.05, 3.63) is 0 Å². The maximum atomic E-state index is 11.1. The fourth-order valence-electron chi connectivity index (χ4n) is 1.50. The van der Waals surface area contributed by atoms with Gasteiger partial charge in [0.05, 0.1) is 13.0 Å². The highest BCUT2D eigenvalue weighted by Crippen LogP contribution is 2.16. The first-order chi connectivity index (χ1) is 6.97. The molecule has 1 unspecified atom stereocenters. The summed E-state index contributed by atoms with van der Waals surface area (Å²) in [7, 11) is 1.45. The van der Waals surface area contributed by atoms with Gasteiger partial charge in [-0.25, -0.2) is 0 Å². The molecule has 1 saturated heterocycles. The van der Waals surface area contributed by atoms with Gasteiger partial charge in [0.25, 0.3) is 0 Å². The molecule has 1 heterocycles. The summed E-state index contributed by atoms with van der Waals surface area (Å²) in [5.74, 6) is 1.42. The predicted octanol–water partition coefficient (Wildman–Crippen LogP) is 2.31. The van der Waals surface area contributed by atoms with Crippen LogP contribution in [0.2, 0.25) is 0 Å². The first kappa shape index (κ1) is 14.4. The molecule has 3 nitrogen and oxygen atoms in total. The lowest BCUT2D eigenvalue weighted by Gasteiger charge is -2.25. The molecule has 0 radical (unpaired) electrons. The molecule has 0 spiro atoms. The van der Waals surface area contributed by atoms with Crippen molar-refractivity contribution < 1.29 is 11.0 Å². The summed E-state index contributed by atoms with van der Waals surface area (Å²) in [5, 5.41) is 3.20. The Morgan fingerprint density at radius 1 is 1.40 bits per heavy atom. The molecule has 1 aliphatic rings. The Morgan fingerprint density at radius 2 is 1.93 bits per heavy atom. The van der Waals surface area contributed by atoms with Crippen molar-refractivity contribution in [1.82, 2.24) is 5.32 Å². The molecular weight excluding hydrogens is 190 g/mol. The van der Waals surface area contributed by atoms with E-state index in [1.807, 2.05) is 0 Å². The number of hydrogen-bond acceptors (Lipinski definition) is 3. The number of piperidine rings is 1. The lowest BCUT2D eigenvalue weighted by molar-refractivity contribution is -0.146. The summed E-state index contributed by atoms with van der Waals surface area (Å²) in [4.78, 5) is 11.1. The third-order valence-electron chi connectivity index (χ3n) is 2.10. The van der Waals surface area contributed by atoms with Crippen molar-refractivity contribution >= 4 is 5.97 Å². The third-order valence-corrected chi connectivity index (χ3v) is 2.10. The number of carbonyl (C=O) groups is 1. The zero-order valence-corrected chi connectivity index (χ0v) is 10.7. The Labute approximate surface area is 95.1 Å². The number of methoxy groups -OCH3 is 1. The molecule has 92 valence electrons. The minimum atomic E-state index is -0.0796. The number of esters is 1. The van der Waals surface area contributed by atoms with E-state index >= 15 is 0 Å². The maximum absolute atomic E-state index is 11.1. The molecule has 1 fully saturated rings. The Balaban J connectivity index is 0. The van der Waals surface area contributed by atoms with Crippen LogP contribution in [-0.4, -0.2) is 26.2 Å². The Morgan fingerprint density at radius 3 is 2.33 bits per heavy atom. The maximum Gasteiger partial charge on any atom is 0.309 e. The molecule has 0 aliphatic carbocycles. The zero-order chi connectivity index (χ0) is 11.8. The summed E-state index contributed by atoms with van der Waals surface area (Å²) >= 11 is 0. The van der Waals surface area contributed by atoms with E-state index in [1.165, 1.54) is 7.11 Å². The SMILES string of the molecule is CC(C)C.COC(=O)[C@H]1CNCC(C)C1.[HH]. The van der Waals surface area contributed by atoms with Crippen LogP contribution in [0.25, 0.3) is 0 Å². The second kappa shape index (κ2) is 7.69. The molecule has 2 atom stereocenters. The number of hydrogen-bond donors (Lipinski definition) is 1. The van der Waals surface area contributed by atoms with Gasteiger partial charge in [-0.3, -0.25) is 4.79 Å². The summed E-state index contributed by atoms with van der Waals surface area (Å²) < 4.78 is 4.66. The smallest absolute Gasteiger partial charge is 0.309 e. The van der Waals surface area contributed by atoms with Gasteiger partial charge in [-0.1, -0.05) is 27.7 Å². The molecule has 0 bridgehead atoms. The van der Waals surface area contributed by atoms with E-state index in [0.29, 0.717) is 5.92 Å². The highest BCUT2D eigenvalue weighted by atomic mass is 16.5. The van der Waals surface area contributed by atoms with Crippen molar-refractivity contribution in [3.8, 4) is 0 Å². The van der Waals surface area contributed by atoms with Crippen LogP contribution in [0.3, 0.4) is 0 Å². The standard InChI is InChI=1S/C8H15NO2.C4H10.H2/c1-6-3-7(5-9-4-6)8(10)11-2;1-4(2)3;/h6-7,9H,3-5H2,1-2H3;4H,1-3H3;1H/t6?,7-;;/m1../s1. The molecule has 0 amide bonds. The highest BCUT2D eigenvalue weighted by Gasteiger charge is 2.24. The molecule has 0 aromatic heterocycles. The minimum absolute atomic E-state index is 0. The van der Waals surface area contributed by atoms with Gasteiger partial charge in [-0.2, -0.15) is 0 Å². The molecule has 1 rings (SSSR count). The highest BCUT2D eigenvalue weighted by molar-refractivity contribution is 5.72. The van der Waals surface area contributed by atoms with Crippen LogP contribution < -0.4 is 5.32 Å². The third kappa shape index (κ3) is 7.37. The van der Waals surface area contributed by atoms with E-state index < -0.39 is 0 Å². The van der Waals surface area contributed by atoms with Crippen LogP contribution in [-0.2, 0) is 9.53 Å². The Bertz CT molecular complexity index is 183. The number of nitrogens with one attached hydrogen (secondary N) is 1. The van der Waals surface area contributed by atoms with Gasteiger partial charge >= 0.3 is 5.97 Å². The second-order valence-corrected chi connectivity index (χ2v) is 4.95. The van der Waals surface area contributed by atoms with E-state index in [2.05, 4.69) is 37.7 Å². The zero-order valence-electron chi connectivity index (χ0n) is 10.7.